The number of aryl methyl sites for hydroxylation is 1. The molecule has 0 spiro atoms. The molecule has 3 aromatic rings. The second kappa shape index (κ2) is 11.7. The van der Waals surface area contributed by atoms with Gasteiger partial charge >= 0.3 is 0 Å². The van der Waals surface area contributed by atoms with Crippen LogP contribution in [0.4, 0.5) is 0 Å². The van der Waals surface area contributed by atoms with Gasteiger partial charge in [-0.05, 0) is 62.1 Å². The number of carbonyl (C=O) groups excluding carboxylic acids is 2. The second-order valence-corrected chi connectivity index (χ2v) is 9.92. The Morgan fingerprint density at radius 3 is 2.11 bits per heavy atom. The molecule has 0 aromatic heterocycles. The lowest BCUT2D eigenvalue weighted by Crippen LogP contribution is -2.54. The Bertz CT molecular complexity index is 1120. The fraction of sp³-hybridized carbons (Fsp3) is 0.333. The van der Waals surface area contributed by atoms with Crippen molar-refractivity contribution in [1.82, 2.24) is 10.2 Å². The van der Waals surface area contributed by atoms with E-state index in [4.69, 9.17) is 4.74 Å². The van der Waals surface area contributed by atoms with Crippen molar-refractivity contribution >= 4 is 11.8 Å². The summed E-state index contributed by atoms with van der Waals surface area (Å²) in [6, 6.07) is 24.7. The summed E-state index contributed by atoms with van der Waals surface area (Å²) in [5, 5.41) is 3.10. The van der Waals surface area contributed by atoms with Crippen LogP contribution in [0.25, 0.3) is 0 Å². The Kier molecular flexibility index (Phi) is 8.69. The first kappa shape index (κ1) is 26.0. The first-order valence-corrected chi connectivity index (χ1v) is 12.0. The quantitative estimate of drug-likeness (QED) is 0.471. The first-order valence-electron chi connectivity index (χ1n) is 12.0. The highest BCUT2D eigenvalue weighted by Gasteiger charge is 2.32. The van der Waals surface area contributed by atoms with E-state index in [-0.39, 0.29) is 18.2 Å². The van der Waals surface area contributed by atoms with E-state index in [1.54, 1.807) is 12.0 Å². The molecule has 5 nitrogen and oxygen atoms in total. The number of nitrogens with one attached hydrogen (secondary N) is 1. The molecule has 0 saturated heterocycles. The van der Waals surface area contributed by atoms with Crippen molar-refractivity contribution in [1.29, 1.82) is 0 Å². The van der Waals surface area contributed by atoms with E-state index in [1.807, 2.05) is 107 Å². The summed E-state index contributed by atoms with van der Waals surface area (Å²) in [4.78, 5) is 29.1. The van der Waals surface area contributed by atoms with Gasteiger partial charge in [-0.1, -0.05) is 66.7 Å². The normalized spacial score (nSPS) is 12.0. The van der Waals surface area contributed by atoms with Gasteiger partial charge in [0.1, 0.15) is 11.8 Å². The van der Waals surface area contributed by atoms with Crippen molar-refractivity contribution in [3.8, 4) is 5.75 Å². The molecule has 1 unspecified atom stereocenters. The molecule has 1 atom stereocenters. The molecule has 2 amide bonds. The molecular formula is C30H36N2O3. The monoisotopic (exact) mass is 472 g/mol. The van der Waals surface area contributed by atoms with Gasteiger partial charge in [0.25, 0.3) is 0 Å². The van der Waals surface area contributed by atoms with Gasteiger partial charge in [0.2, 0.25) is 11.8 Å². The van der Waals surface area contributed by atoms with Gasteiger partial charge in [-0.25, -0.2) is 0 Å². The molecule has 0 aliphatic rings. The van der Waals surface area contributed by atoms with Crippen LogP contribution in [0, 0.1) is 6.92 Å². The minimum Gasteiger partial charge on any atom is -0.497 e. The maximum atomic E-state index is 13.8. The lowest BCUT2D eigenvalue weighted by atomic mass is 9.99. The zero-order valence-electron chi connectivity index (χ0n) is 21.4. The van der Waals surface area contributed by atoms with Crippen molar-refractivity contribution in [2.45, 2.75) is 58.7 Å². The number of carbonyl (C=O) groups is 2. The third-order valence-corrected chi connectivity index (χ3v) is 5.89. The lowest BCUT2D eigenvalue weighted by Gasteiger charge is -2.34. The molecule has 3 rings (SSSR count). The Balaban J connectivity index is 1.98. The Hall–Kier alpha value is -3.60. The van der Waals surface area contributed by atoms with Crippen LogP contribution in [0.1, 0.15) is 43.0 Å². The highest BCUT2D eigenvalue weighted by atomic mass is 16.5. The largest absolute Gasteiger partial charge is 0.497 e. The van der Waals surface area contributed by atoms with E-state index in [0.717, 1.165) is 28.0 Å². The number of benzene rings is 3. The van der Waals surface area contributed by atoms with Crippen LogP contribution in [0.3, 0.4) is 0 Å². The maximum absolute atomic E-state index is 13.8. The van der Waals surface area contributed by atoms with Gasteiger partial charge in [0, 0.05) is 18.5 Å². The van der Waals surface area contributed by atoms with Crippen molar-refractivity contribution in [3.05, 3.63) is 101 Å². The van der Waals surface area contributed by atoms with Crippen LogP contribution >= 0.6 is 0 Å². The van der Waals surface area contributed by atoms with Gasteiger partial charge in [0.15, 0.2) is 0 Å². The van der Waals surface area contributed by atoms with E-state index in [9.17, 15) is 9.59 Å². The van der Waals surface area contributed by atoms with Crippen molar-refractivity contribution in [2.75, 3.05) is 7.11 Å². The molecule has 0 aliphatic heterocycles. The van der Waals surface area contributed by atoms with Crippen LogP contribution in [-0.4, -0.2) is 35.4 Å². The third-order valence-electron chi connectivity index (χ3n) is 5.89. The number of amides is 2. The highest BCUT2D eigenvalue weighted by molar-refractivity contribution is 5.89. The zero-order valence-corrected chi connectivity index (χ0v) is 21.4. The second-order valence-electron chi connectivity index (χ2n) is 9.92. The standard InChI is InChI=1S/C30H36N2O3/c1-22-11-9-10-14-25(22)21-32(28(33)20-24-15-17-26(35-5)18-16-24)27(29(34)31-30(2,3)4)19-23-12-7-6-8-13-23/h6-18,27H,19-21H2,1-5H3,(H,31,34). The van der Waals surface area contributed by atoms with Crippen LogP contribution in [0.15, 0.2) is 78.9 Å². The predicted molar refractivity (Wildman–Crippen MR) is 140 cm³/mol. The van der Waals surface area contributed by atoms with Crippen molar-refractivity contribution in [2.24, 2.45) is 0 Å². The summed E-state index contributed by atoms with van der Waals surface area (Å²) >= 11 is 0. The molecule has 3 aromatic carbocycles. The Morgan fingerprint density at radius 2 is 1.51 bits per heavy atom. The number of nitrogens with zero attached hydrogens (tertiary/aromatic N) is 1. The van der Waals surface area contributed by atoms with Gasteiger partial charge in [0.05, 0.1) is 13.5 Å². The van der Waals surface area contributed by atoms with Crippen LogP contribution in [0.5, 0.6) is 5.75 Å². The SMILES string of the molecule is COc1ccc(CC(=O)N(Cc2ccccc2C)C(Cc2ccccc2)C(=O)NC(C)(C)C)cc1. The molecule has 184 valence electrons. The number of ether oxygens (including phenoxy) is 1. The van der Waals surface area contributed by atoms with Crippen molar-refractivity contribution < 1.29 is 14.3 Å². The molecule has 0 aliphatic carbocycles. The van der Waals surface area contributed by atoms with Crippen LogP contribution in [0.2, 0.25) is 0 Å². The van der Waals surface area contributed by atoms with E-state index >= 15 is 0 Å². The van der Waals surface area contributed by atoms with Gasteiger partial charge in [-0.2, -0.15) is 0 Å². The molecule has 1 N–H and O–H groups in total. The zero-order chi connectivity index (χ0) is 25.4. The average molecular weight is 473 g/mol. The number of hydrogen-bond acceptors (Lipinski definition) is 3. The van der Waals surface area contributed by atoms with Crippen LogP contribution in [-0.2, 0) is 29.0 Å². The lowest BCUT2D eigenvalue weighted by molar-refractivity contribution is -0.141. The Morgan fingerprint density at radius 1 is 0.886 bits per heavy atom. The number of rotatable bonds is 9. The molecule has 0 fully saturated rings. The minimum absolute atomic E-state index is 0.0941. The fourth-order valence-corrected chi connectivity index (χ4v) is 4.00. The fourth-order valence-electron chi connectivity index (χ4n) is 4.00. The third kappa shape index (κ3) is 7.71. The van der Waals surface area contributed by atoms with E-state index < -0.39 is 11.6 Å². The van der Waals surface area contributed by atoms with Gasteiger partial charge in [-0.15, -0.1) is 0 Å². The summed E-state index contributed by atoms with van der Waals surface area (Å²) < 4.78 is 5.25. The number of methoxy groups -OCH3 is 1. The summed E-state index contributed by atoms with van der Waals surface area (Å²) in [5.74, 6) is 0.492. The summed E-state index contributed by atoms with van der Waals surface area (Å²) in [6.45, 7) is 8.25. The summed E-state index contributed by atoms with van der Waals surface area (Å²) in [6.07, 6.45) is 0.632. The molecule has 0 heterocycles. The molecule has 35 heavy (non-hydrogen) atoms. The maximum Gasteiger partial charge on any atom is 0.243 e. The highest BCUT2D eigenvalue weighted by Crippen LogP contribution is 2.20. The minimum atomic E-state index is -0.651. The van der Waals surface area contributed by atoms with E-state index in [0.29, 0.717) is 13.0 Å². The van der Waals surface area contributed by atoms with Gasteiger partial charge < -0.3 is 15.0 Å². The topological polar surface area (TPSA) is 58.6 Å². The van der Waals surface area contributed by atoms with Crippen molar-refractivity contribution in [3.63, 3.8) is 0 Å². The van der Waals surface area contributed by atoms with Crippen LogP contribution < -0.4 is 10.1 Å². The molecule has 5 heteroatoms. The molecule has 0 radical (unpaired) electrons. The first-order chi connectivity index (χ1) is 16.7. The molecule has 0 bridgehead atoms. The van der Waals surface area contributed by atoms with E-state index in [1.165, 1.54) is 0 Å². The smallest absolute Gasteiger partial charge is 0.243 e. The van der Waals surface area contributed by atoms with Gasteiger partial charge in [-0.3, -0.25) is 9.59 Å². The summed E-state index contributed by atoms with van der Waals surface area (Å²) in [7, 11) is 1.62. The predicted octanol–water partition coefficient (Wildman–Crippen LogP) is 5.10. The molecule has 0 saturated carbocycles. The van der Waals surface area contributed by atoms with E-state index in [2.05, 4.69) is 5.32 Å². The molecular weight excluding hydrogens is 436 g/mol. The summed E-state index contributed by atoms with van der Waals surface area (Å²) in [5.41, 5.74) is 3.58. The number of hydrogen-bond donors (Lipinski definition) is 1. The average Bonchev–Trinajstić information content (AvgIpc) is 2.82. The Labute approximate surface area is 209 Å².